The fourth-order valence-electron chi connectivity index (χ4n) is 1.55. The smallest absolute Gasteiger partial charge is 0.326 e. The number of rotatable bonds is 6. The molecule has 1 heterocycles. The Kier molecular flexibility index (Phi) is 5.11. The molecule has 0 saturated carbocycles. The predicted molar refractivity (Wildman–Crippen MR) is 67.2 cm³/mol. The topological polar surface area (TPSA) is 97.6 Å². The number of hydrogen-bond donors (Lipinski definition) is 2. The van der Waals surface area contributed by atoms with Crippen molar-refractivity contribution >= 4 is 11.9 Å². The molecule has 1 amide bonds. The lowest BCUT2D eigenvalue weighted by Crippen LogP contribution is -2.31. The van der Waals surface area contributed by atoms with Crippen molar-refractivity contribution in [2.24, 2.45) is 0 Å². The minimum absolute atomic E-state index is 0.0502. The molecule has 0 bridgehead atoms. The van der Waals surface area contributed by atoms with Crippen molar-refractivity contribution in [1.82, 2.24) is 9.88 Å². The number of aliphatic carboxylic acids is 1. The Hall–Kier alpha value is -2.31. The average Bonchev–Trinajstić information content (AvgIpc) is 2.39. The number of ether oxygens (including phenoxy) is 1. The minimum atomic E-state index is -1.09. The van der Waals surface area contributed by atoms with Gasteiger partial charge in [-0.25, -0.2) is 4.79 Å². The number of carbonyl (C=O) groups is 2. The highest BCUT2D eigenvalue weighted by Crippen LogP contribution is 2.11. The number of carboxylic acid groups (broad SMARTS) is 1. The van der Waals surface area contributed by atoms with Crippen LogP contribution in [0.25, 0.3) is 0 Å². The van der Waals surface area contributed by atoms with E-state index < -0.39 is 17.6 Å². The summed E-state index contributed by atoms with van der Waals surface area (Å²) in [5, 5.41) is 11.4. The van der Waals surface area contributed by atoms with Crippen LogP contribution in [0.5, 0.6) is 5.75 Å². The van der Waals surface area contributed by atoms with E-state index in [4.69, 9.17) is 9.84 Å². The lowest BCUT2D eigenvalue weighted by molar-refractivity contribution is -0.141. The highest BCUT2D eigenvalue weighted by molar-refractivity contribution is 5.77. The molecule has 0 aliphatic heterocycles. The van der Waals surface area contributed by atoms with E-state index in [0.717, 1.165) is 4.57 Å². The van der Waals surface area contributed by atoms with Crippen LogP contribution < -0.4 is 15.6 Å². The summed E-state index contributed by atoms with van der Waals surface area (Å²) in [5.74, 6) is -1.51. The molecular weight excluding hydrogens is 252 g/mol. The first-order valence-electron chi connectivity index (χ1n) is 5.78. The summed E-state index contributed by atoms with van der Waals surface area (Å²) in [7, 11) is 1.45. The third kappa shape index (κ3) is 3.57. The Balaban J connectivity index is 3.01. The Morgan fingerprint density at radius 1 is 1.53 bits per heavy atom. The standard InChI is InChI=1S/C12H16N2O5/c1-3-8(12(17)18)14-6-4-5-9(11(14)16)19-7-10(15)13-2/h4-6,8H,3,7H2,1-2H3,(H,13,15)(H,17,18). The third-order valence-corrected chi connectivity index (χ3v) is 2.58. The zero-order chi connectivity index (χ0) is 14.4. The second-order valence-corrected chi connectivity index (χ2v) is 3.81. The summed E-state index contributed by atoms with van der Waals surface area (Å²) in [6.45, 7) is 1.38. The van der Waals surface area contributed by atoms with E-state index in [9.17, 15) is 14.4 Å². The summed E-state index contributed by atoms with van der Waals surface area (Å²) in [5.41, 5.74) is -0.569. The molecule has 19 heavy (non-hydrogen) atoms. The maximum absolute atomic E-state index is 12.0. The van der Waals surface area contributed by atoms with E-state index in [1.807, 2.05) is 0 Å². The highest BCUT2D eigenvalue weighted by atomic mass is 16.5. The largest absolute Gasteiger partial charge is 0.480 e. The molecule has 7 nitrogen and oxygen atoms in total. The van der Waals surface area contributed by atoms with Crippen LogP contribution >= 0.6 is 0 Å². The van der Waals surface area contributed by atoms with Gasteiger partial charge in [-0.1, -0.05) is 6.92 Å². The third-order valence-electron chi connectivity index (χ3n) is 2.58. The minimum Gasteiger partial charge on any atom is -0.480 e. The average molecular weight is 268 g/mol. The molecule has 0 aromatic carbocycles. The van der Waals surface area contributed by atoms with Crippen molar-refractivity contribution in [2.45, 2.75) is 19.4 Å². The van der Waals surface area contributed by atoms with Crippen LogP contribution in [0, 0.1) is 0 Å². The van der Waals surface area contributed by atoms with Crippen LogP contribution in [0.2, 0.25) is 0 Å². The molecule has 0 radical (unpaired) electrons. The quantitative estimate of drug-likeness (QED) is 0.757. The molecule has 7 heteroatoms. The molecule has 0 saturated heterocycles. The number of pyridine rings is 1. The van der Waals surface area contributed by atoms with Gasteiger partial charge in [0.2, 0.25) is 0 Å². The van der Waals surface area contributed by atoms with Gasteiger partial charge in [-0.2, -0.15) is 0 Å². The molecule has 0 fully saturated rings. The number of likely N-dealkylation sites (N-methyl/N-ethyl adjacent to an activating group) is 1. The normalized spacial score (nSPS) is 11.7. The Morgan fingerprint density at radius 2 is 2.21 bits per heavy atom. The Bertz CT molecular complexity index is 523. The van der Waals surface area contributed by atoms with Gasteiger partial charge in [0.15, 0.2) is 12.4 Å². The number of carbonyl (C=O) groups excluding carboxylic acids is 1. The van der Waals surface area contributed by atoms with Crippen LogP contribution in [0.3, 0.4) is 0 Å². The Labute approximate surface area is 109 Å². The van der Waals surface area contributed by atoms with E-state index >= 15 is 0 Å². The van der Waals surface area contributed by atoms with E-state index in [0.29, 0.717) is 0 Å². The molecule has 1 aromatic rings. The zero-order valence-electron chi connectivity index (χ0n) is 10.8. The fraction of sp³-hybridized carbons (Fsp3) is 0.417. The van der Waals surface area contributed by atoms with Crippen LogP contribution in [0.4, 0.5) is 0 Å². The van der Waals surface area contributed by atoms with E-state index in [1.54, 1.807) is 6.92 Å². The number of carboxylic acids is 1. The van der Waals surface area contributed by atoms with Gasteiger partial charge in [-0.3, -0.25) is 14.2 Å². The lowest BCUT2D eigenvalue weighted by Gasteiger charge is -2.14. The fourth-order valence-corrected chi connectivity index (χ4v) is 1.55. The van der Waals surface area contributed by atoms with Crippen LogP contribution in [-0.2, 0) is 9.59 Å². The molecule has 1 atom stereocenters. The first kappa shape index (κ1) is 14.7. The van der Waals surface area contributed by atoms with Crippen molar-refractivity contribution in [3.63, 3.8) is 0 Å². The molecule has 1 rings (SSSR count). The number of nitrogens with one attached hydrogen (secondary N) is 1. The van der Waals surface area contributed by atoms with Crippen LogP contribution in [0.15, 0.2) is 23.1 Å². The van der Waals surface area contributed by atoms with Crippen LogP contribution in [-0.4, -0.2) is 35.2 Å². The van der Waals surface area contributed by atoms with Crippen LogP contribution in [0.1, 0.15) is 19.4 Å². The molecule has 0 spiro atoms. The monoisotopic (exact) mass is 268 g/mol. The van der Waals surface area contributed by atoms with E-state index in [-0.39, 0.29) is 24.7 Å². The Morgan fingerprint density at radius 3 is 2.74 bits per heavy atom. The molecule has 1 unspecified atom stereocenters. The van der Waals surface area contributed by atoms with Gasteiger partial charge in [0, 0.05) is 13.2 Å². The molecule has 1 aromatic heterocycles. The molecule has 104 valence electrons. The summed E-state index contributed by atoms with van der Waals surface area (Å²) < 4.78 is 6.15. The second kappa shape index (κ2) is 6.58. The second-order valence-electron chi connectivity index (χ2n) is 3.81. The zero-order valence-corrected chi connectivity index (χ0v) is 10.8. The summed E-state index contributed by atoms with van der Waals surface area (Å²) in [6.07, 6.45) is 1.66. The number of aromatic nitrogens is 1. The molecule has 0 aliphatic carbocycles. The van der Waals surface area contributed by atoms with Gasteiger partial charge in [0.1, 0.15) is 6.04 Å². The first-order chi connectivity index (χ1) is 9.01. The van der Waals surface area contributed by atoms with Gasteiger partial charge in [-0.05, 0) is 18.6 Å². The molecule has 2 N–H and O–H groups in total. The number of nitrogens with zero attached hydrogens (tertiary/aromatic N) is 1. The highest BCUT2D eigenvalue weighted by Gasteiger charge is 2.19. The summed E-state index contributed by atoms with van der Waals surface area (Å²) in [4.78, 5) is 34.1. The maximum Gasteiger partial charge on any atom is 0.326 e. The van der Waals surface area contributed by atoms with E-state index in [1.165, 1.54) is 25.4 Å². The maximum atomic E-state index is 12.0. The summed E-state index contributed by atoms with van der Waals surface area (Å²) >= 11 is 0. The van der Waals surface area contributed by atoms with Crippen molar-refractivity contribution < 1.29 is 19.4 Å². The van der Waals surface area contributed by atoms with Crippen molar-refractivity contribution in [3.8, 4) is 5.75 Å². The van der Waals surface area contributed by atoms with Crippen molar-refractivity contribution in [3.05, 3.63) is 28.7 Å². The van der Waals surface area contributed by atoms with Gasteiger partial charge >= 0.3 is 5.97 Å². The van der Waals surface area contributed by atoms with Crippen molar-refractivity contribution in [2.75, 3.05) is 13.7 Å². The molecular formula is C12H16N2O5. The number of amides is 1. The summed E-state index contributed by atoms with van der Waals surface area (Å²) in [6, 6.07) is 1.96. The first-order valence-corrected chi connectivity index (χ1v) is 5.78. The SMILES string of the molecule is CCC(C(=O)O)n1cccc(OCC(=O)NC)c1=O. The van der Waals surface area contributed by atoms with Gasteiger partial charge < -0.3 is 15.2 Å². The molecule has 0 aliphatic rings. The van der Waals surface area contributed by atoms with Gasteiger partial charge in [0.05, 0.1) is 0 Å². The van der Waals surface area contributed by atoms with Crippen molar-refractivity contribution in [1.29, 1.82) is 0 Å². The number of hydrogen-bond acceptors (Lipinski definition) is 4. The van der Waals surface area contributed by atoms with Gasteiger partial charge in [0.25, 0.3) is 11.5 Å². The predicted octanol–water partition coefficient (Wildman–Crippen LogP) is 0.00880. The van der Waals surface area contributed by atoms with E-state index in [2.05, 4.69) is 5.32 Å². The lowest BCUT2D eigenvalue weighted by atomic mass is 10.2. The van der Waals surface area contributed by atoms with Gasteiger partial charge in [-0.15, -0.1) is 0 Å².